The fraction of sp³-hybridized carbons (Fsp3) is 0.278. The molecule has 0 radical (unpaired) electrons. The Labute approximate surface area is 157 Å². The number of carbonyl (C=O) groups excluding carboxylic acids is 1. The summed E-state index contributed by atoms with van der Waals surface area (Å²) >= 11 is 2.60. The molecular weight excluding hydrogens is 373 g/mol. The van der Waals surface area contributed by atoms with Crippen LogP contribution in [0.4, 0.5) is 4.39 Å². The van der Waals surface area contributed by atoms with E-state index >= 15 is 0 Å². The lowest BCUT2D eigenvalue weighted by Crippen LogP contribution is -2.30. The summed E-state index contributed by atoms with van der Waals surface area (Å²) in [6.45, 7) is 0. The molecule has 5 nitrogen and oxygen atoms in total. The highest BCUT2D eigenvalue weighted by Gasteiger charge is 2.30. The molecule has 0 saturated heterocycles. The van der Waals surface area contributed by atoms with E-state index in [2.05, 4.69) is 10.3 Å². The van der Waals surface area contributed by atoms with E-state index in [9.17, 15) is 14.0 Å². The van der Waals surface area contributed by atoms with Crippen molar-refractivity contribution in [3.63, 3.8) is 0 Å². The highest BCUT2D eigenvalue weighted by molar-refractivity contribution is 8.00. The number of hydrogen-bond acceptors (Lipinski definition) is 5. The smallest absolute Gasteiger partial charge is 0.262 e. The predicted molar refractivity (Wildman–Crippen MR) is 101 cm³/mol. The SMILES string of the molecule is Cn1c(SC(C(=O)NC2CC2)c2ccc(F)cc2)nc2sccc2c1=O. The van der Waals surface area contributed by atoms with E-state index in [0.29, 0.717) is 20.9 Å². The number of rotatable bonds is 5. The predicted octanol–water partition coefficient (Wildman–Crippen LogP) is 3.25. The van der Waals surface area contributed by atoms with E-state index in [4.69, 9.17) is 0 Å². The zero-order valence-corrected chi connectivity index (χ0v) is 15.6. The van der Waals surface area contributed by atoms with Crippen molar-refractivity contribution in [2.75, 3.05) is 0 Å². The average molecular weight is 389 g/mol. The number of carbonyl (C=O) groups is 1. The molecule has 1 atom stereocenters. The van der Waals surface area contributed by atoms with Crippen LogP contribution in [0.1, 0.15) is 23.7 Å². The first kappa shape index (κ1) is 17.2. The van der Waals surface area contributed by atoms with E-state index in [1.54, 1.807) is 25.2 Å². The van der Waals surface area contributed by atoms with Gasteiger partial charge in [0.15, 0.2) is 5.16 Å². The second-order valence-corrected chi connectivity index (χ2v) is 8.20. The number of amides is 1. The lowest BCUT2D eigenvalue weighted by molar-refractivity contribution is -0.120. The lowest BCUT2D eigenvalue weighted by Gasteiger charge is -2.17. The number of benzene rings is 1. The number of halogens is 1. The largest absolute Gasteiger partial charge is 0.352 e. The number of aromatic nitrogens is 2. The Morgan fingerprint density at radius 1 is 1.35 bits per heavy atom. The molecule has 1 N–H and O–H groups in total. The summed E-state index contributed by atoms with van der Waals surface area (Å²) in [5.41, 5.74) is 0.536. The molecule has 1 aromatic carbocycles. The quantitative estimate of drug-likeness (QED) is 0.537. The number of hydrogen-bond donors (Lipinski definition) is 1. The zero-order chi connectivity index (χ0) is 18.3. The van der Waals surface area contributed by atoms with Gasteiger partial charge in [-0.05, 0) is 42.0 Å². The van der Waals surface area contributed by atoms with Gasteiger partial charge in [0.25, 0.3) is 5.56 Å². The molecule has 134 valence electrons. The Balaban J connectivity index is 1.72. The van der Waals surface area contributed by atoms with Crippen LogP contribution in [0.5, 0.6) is 0 Å². The maximum Gasteiger partial charge on any atom is 0.262 e. The van der Waals surface area contributed by atoms with E-state index < -0.39 is 5.25 Å². The summed E-state index contributed by atoms with van der Waals surface area (Å²) in [5.74, 6) is -0.504. The van der Waals surface area contributed by atoms with Crippen molar-refractivity contribution in [1.29, 1.82) is 0 Å². The maximum atomic E-state index is 13.3. The Hall–Kier alpha value is -2.19. The third-order valence-corrected chi connectivity index (χ3v) is 6.33. The third-order valence-electron chi connectivity index (χ3n) is 4.22. The van der Waals surface area contributed by atoms with Gasteiger partial charge < -0.3 is 5.32 Å². The van der Waals surface area contributed by atoms with Crippen LogP contribution >= 0.6 is 23.1 Å². The first-order valence-electron chi connectivity index (χ1n) is 8.19. The fourth-order valence-corrected chi connectivity index (χ4v) is 4.48. The van der Waals surface area contributed by atoms with Crippen molar-refractivity contribution in [2.24, 2.45) is 7.05 Å². The molecule has 1 amide bonds. The van der Waals surface area contributed by atoms with E-state index in [1.165, 1.54) is 39.8 Å². The number of thiophene rings is 1. The van der Waals surface area contributed by atoms with Crippen molar-refractivity contribution < 1.29 is 9.18 Å². The summed E-state index contributed by atoms with van der Waals surface area (Å²) in [4.78, 5) is 30.4. The van der Waals surface area contributed by atoms with Crippen LogP contribution in [-0.4, -0.2) is 21.5 Å². The van der Waals surface area contributed by atoms with Gasteiger partial charge in [0.05, 0.1) is 5.39 Å². The molecule has 3 aromatic rings. The van der Waals surface area contributed by atoms with Crippen molar-refractivity contribution in [2.45, 2.75) is 29.3 Å². The van der Waals surface area contributed by atoms with Gasteiger partial charge in [0, 0.05) is 13.1 Å². The molecule has 1 saturated carbocycles. The van der Waals surface area contributed by atoms with Crippen molar-refractivity contribution in [3.8, 4) is 0 Å². The van der Waals surface area contributed by atoms with Crippen LogP contribution in [0.3, 0.4) is 0 Å². The van der Waals surface area contributed by atoms with Crippen molar-refractivity contribution in [1.82, 2.24) is 14.9 Å². The zero-order valence-electron chi connectivity index (χ0n) is 13.9. The standard InChI is InChI=1S/C18H16FN3O2S2/c1-22-17(24)13-8-9-25-16(13)21-18(22)26-14(15(23)20-12-6-7-12)10-2-4-11(19)5-3-10/h2-5,8-9,12,14H,6-7H2,1H3,(H,20,23). The Bertz CT molecular complexity index is 1030. The Morgan fingerprint density at radius 2 is 2.08 bits per heavy atom. The normalized spacial score (nSPS) is 15.2. The van der Waals surface area contributed by atoms with Gasteiger partial charge >= 0.3 is 0 Å². The molecule has 2 aromatic heterocycles. The van der Waals surface area contributed by atoms with Gasteiger partial charge in [-0.15, -0.1) is 11.3 Å². The number of nitrogens with one attached hydrogen (secondary N) is 1. The van der Waals surface area contributed by atoms with E-state index in [-0.39, 0.29) is 23.3 Å². The Kier molecular flexibility index (Phi) is 4.54. The summed E-state index contributed by atoms with van der Waals surface area (Å²) in [6.07, 6.45) is 1.95. The lowest BCUT2D eigenvalue weighted by atomic mass is 10.1. The maximum absolute atomic E-state index is 13.3. The Morgan fingerprint density at radius 3 is 2.77 bits per heavy atom. The third kappa shape index (κ3) is 3.39. The van der Waals surface area contributed by atoms with Crippen LogP contribution in [0.15, 0.2) is 45.7 Å². The van der Waals surface area contributed by atoms with Gasteiger partial charge in [0.1, 0.15) is 15.9 Å². The highest BCUT2D eigenvalue weighted by atomic mass is 32.2. The molecule has 4 rings (SSSR count). The second-order valence-electron chi connectivity index (χ2n) is 6.23. The molecule has 0 aliphatic heterocycles. The first-order chi connectivity index (χ1) is 12.5. The van der Waals surface area contributed by atoms with E-state index in [1.807, 2.05) is 5.38 Å². The number of fused-ring (bicyclic) bond motifs is 1. The van der Waals surface area contributed by atoms with Crippen LogP contribution in [-0.2, 0) is 11.8 Å². The van der Waals surface area contributed by atoms with Crippen molar-refractivity contribution in [3.05, 3.63) is 57.4 Å². The molecule has 1 aliphatic carbocycles. The number of thioether (sulfide) groups is 1. The highest BCUT2D eigenvalue weighted by Crippen LogP contribution is 2.36. The van der Waals surface area contributed by atoms with Gasteiger partial charge in [-0.3, -0.25) is 14.2 Å². The monoisotopic (exact) mass is 389 g/mol. The van der Waals surface area contributed by atoms with Crippen LogP contribution < -0.4 is 10.9 Å². The van der Waals surface area contributed by atoms with Gasteiger partial charge in [-0.1, -0.05) is 23.9 Å². The average Bonchev–Trinajstić information content (AvgIpc) is 3.31. The minimum Gasteiger partial charge on any atom is -0.352 e. The minimum atomic E-state index is -0.605. The molecule has 8 heteroatoms. The summed E-state index contributed by atoms with van der Waals surface area (Å²) in [6, 6.07) is 7.83. The molecule has 1 unspecified atom stereocenters. The molecule has 1 aliphatic rings. The van der Waals surface area contributed by atoms with Crippen LogP contribution in [0.2, 0.25) is 0 Å². The summed E-state index contributed by atoms with van der Waals surface area (Å²) in [7, 11) is 1.65. The van der Waals surface area contributed by atoms with Crippen LogP contribution in [0.25, 0.3) is 10.2 Å². The van der Waals surface area contributed by atoms with Gasteiger partial charge in [-0.2, -0.15) is 0 Å². The van der Waals surface area contributed by atoms with Gasteiger partial charge in [0.2, 0.25) is 5.91 Å². The summed E-state index contributed by atoms with van der Waals surface area (Å²) < 4.78 is 14.7. The molecule has 26 heavy (non-hydrogen) atoms. The topological polar surface area (TPSA) is 64.0 Å². The molecule has 2 heterocycles. The van der Waals surface area contributed by atoms with Crippen molar-refractivity contribution >= 4 is 39.2 Å². The second kappa shape index (κ2) is 6.85. The first-order valence-corrected chi connectivity index (χ1v) is 9.95. The van der Waals surface area contributed by atoms with E-state index in [0.717, 1.165) is 12.8 Å². The molecule has 1 fully saturated rings. The molecule has 0 spiro atoms. The molecular formula is C18H16FN3O2S2. The fourth-order valence-electron chi connectivity index (χ4n) is 2.61. The summed E-state index contributed by atoms with van der Waals surface area (Å²) in [5, 5.41) is 5.24. The van der Waals surface area contributed by atoms with Gasteiger partial charge in [-0.25, -0.2) is 9.37 Å². The molecule has 0 bridgehead atoms. The number of nitrogens with zero attached hydrogens (tertiary/aromatic N) is 2. The minimum absolute atomic E-state index is 0.140. The van der Waals surface area contributed by atoms with Crippen LogP contribution in [0, 0.1) is 5.82 Å².